The molecule has 2 aromatic rings. The molecule has 3 nitrogen and oxygen atoms in total. The minimum atomic E-state index is -0.339. The number of rotatable bonds is 6. The Labute approximate surface area is 118 Å². The fraction of sp³-hybridized carbons (Fsp3) is 0.250. The van der Waals surface area contributed by atoms with Crippen LogP contribution in [0.3, 0.4) is 0 Å². The van der Waals surface area contributed by atoms with Crippen molar-refractivity contribution < 1.29 is 13.9 Å². The molecule has 1 atom stereocenters. The number of hydrogen-bond donors (Lipinski definition) is 1. The Morgan fingerprint density at radius 1 is 1.05 bits per heavy atom. The molecule has 0 aliphatic carbocycles. The second kappa shape index (κ2) is 6.91. The standard InChI is InChI=1S/C16H18FNO2/c1-12(18)15-8-7-13(17)11-16(15)20-10-9-19-14-5-3-2-4-6-14/h2-8,11-12H,9-10,18H2,1H3/t12-/m1/s1. The summed E-state index contributed by atoms with van der Waals surface area (Å²) in [6.07, 6.45) is 0. The van der Waals surface area contributed by atoms with Crippen LogP contribution in [0.15, 0.2) is 48.5 Å². The van der Waals surface area contributed by atoms with Crippen molar-refractivity contribution >= 4 is 0 Å². The fourth-order valence-electron chi connectivity index (χ4n) is 1.84. The summed E-state index contributed by atoms with van der Waals surface area (Å²) in [7, 11) is 0. The monoisotopic (exact) mass is 275 g/mol. The van der Waals surface area contributed by atoms with Crippen LogP contribution in [0.25, 0.3) is 0 Å². The molecule has 2 rings (SSSR count). The van der Waals surface area contributed by atoms with E-state index in [9.17, 15) is 4.39 Å². The third-order valence-electron chi connectivity index (χ3n) is 2.82. The number of benzene rings is 2. The summed E-state index contributed by atoms with van der Waals surface area (Å²) >= 11 is 0. The van der Waals surface area contributed by atoms with Gasteiger partial charge in [-0.2, -0.15) is 0 Å². The molecule has 0 aromatic heterocycles. The molecule has 2 N–H and O–H groups in total. The predicted octanol–water partition coefficient (Wildman–Crippen LogP) is 3.30. The Hall–Kier alpha value is -2.07. The molecule has 0 fully saturated rings. The van der Waals surface area contributed by atoms with Gasteiger partial charge in [0, 0.05) is 17.7 Å². The van der Waals surface area contributed by atoms with Crippen LogP contribution in [-0.4, -0.2) is 13.2 Å². The van der Waals surface area contributed by atoms with E-state index >= 15 is 0 Å². The van der Waals surface area contributed by atoms with Gasteiger partial charge in [0.2, 0.25) is 0 Å². The van der Waals surface area contributed by atoms with Crippen LogP contribution < -0.4 is 15.2 Å². The largest absolute Gasteiger partial charge is 0.490 e. The number of ether oxygens (including phenoxy) is 2. The van der Waals surface area contributed by atoms with Crippen molar-refractivity contribution in [2.75, 3.05) is 13.2 Å². The van der Waals surface area contributed by atoms with Crippen molar-refractivity contribution in [3.05, 3.63) is 59.9 Å². The molecular formula is C16H18FNO2. The molecule has 106 valence electrons. The smallest absolute Gasteiger partial charge is 0.127 e. The van der Waals surface area contributed by atoms with Crippen LogP contribution in [0, 0.1) is 5.82 Å². The lowest BCUT2D eigenvalue weighted by molar-refractivity contribution is 0.215. The highest BCUT2D eigenvalue weighted by atomic mass is 19.1. The molecule has 2 aromatic carbocycles. The van der Waals surface area contributed by atoms with Gasteiger partial charge in [0.15, 0.2) is 0 Å². The van der Waals surface area contributed by atoms with Crippen LogP contribution in [0.1, 0.15) is 18.5 Å². The van der Waals surface area contributed by atoms with E-state index in [1.54, 1.807) is 6.07 Å². The first-order chi connectivity index (χ1) is 9.66. The molecule has 0 saturated heterocycles. The first-order valence-electron chi connectivity index (χ1n) is 6.52. The van der Waals surface area contributed by atoms with E-state index in [1.807, 2.05) is 37.3 Å². The lowest BCUT2D eigenvalue weighted by Gasteiger charge is -2.14. The van der Waals surface area contributed by atoms with Crippen LogP contribution in [0.4, 0.5) is 4.39 Å². The van der Waals surface area contributed by atoms with Crippen molar-refractivity contribution in [1.82, 2.24) is 0 Å². The average Bonchev–Trinajstić information content (AvgIpc) is 2.44. The summed E-state index contributed by atoms with van der Waals surface area (Å²) in [6.45, 7) is 2.55. The maximum atomic E-state index is 13.2. The highest BCUT2D eigenvalue weighted by molar-refractivity contribution is 5.36. The maximum Gasteiger partial charge on any atom is 0.127 e. The maximum absolute atomic E-state index is 13.2. The number of hydrogen-bond acceptors (Lipinski definition) is 3. The van der Waals surface area contributed by atoms with Gasteiger partial charge in [0.1, 0.15) is 30.5 Å². The molecule has 4 heteroatoms. The zero-order valence-corrected chi connectivity index (χ0v) is 11.4. The lowest BCUT2D eigenvalue weighted by Crippen LogP contribution is -2.13. The molecule has 0 aliphatic heterocycles. The van der Waals surface area contributed by atoms with Crippen molar-refractivity contribution in [3.8, 4) is 11.5 Å². The number of nitrogens with two attached hydrogens (primary N) is 1. The van der Waals surface area contributed by atoms with Gasteiger partial charge in [0.05, 0.1) is 0 Å². The summed E-state index contributed by atoms with van der Waals surface area (Å²) < 4.78 is 24.3. The Bertz CT molecular complexity index is 543. The van der Waals surface area contributed by atoms with Gasteiger partial charge in [-0.05, 0) is 25.1 Å². The highest BCUT2D eigenvalue weighted by Crippen LogP contribution is 2.24. The van der Waals surface area contributed by atoms with Crippen molar-refractivity contribution in [2.24, 2.45) is 5.73 Å². The Morgan fingerprint density at radius 3 is 2.45 bits per heavy atom. The lowest BCUT2D eigenvalue weighted by atomic mass is 10.1. The quantitative estimate of drug-likeness (QED) is 0.823. The van der Waals surface area contributed by atoms with Crippen LogP contribution in [-0.2, 0) is 0 Å². The summed E-state index contributed by atoms with van der Waals surface area (Å²) in [5.41, 5.74) is 6.61. The Morgan fingerprint density at radius 2 is 1.75 bits per heavy atom. The first kappa shape index (κ1) is 14.3. The minimum Gasteiger partial charge on any atom is -0.490 e. The van der Waals surface area contributed by atoms with E-state index in [1.165, 1.54) is 12.1 Å². The second-order valence-electron chi connectivity index (χ2n) is 4.48. The van der Waals surface area contributed by atoms with E-state index in [0.717, 1.165) is 11.3 Å². The van der Waals surface area contributed by atoms with Crippen molar-refractivity contribution in [3.63, 3.8) is 0 Å². The Kier molecular flexibility index (Phi) is 4.96. The van der Waals surface area contributed by atoms with Gasteiger partial charge in [-0.25, -0.2) is 4.39 Å². The molecule has 0 saturated carbocycles. The van der Waals surface area contributed by atoms with E-state index in [4.69, 9.17) is 15.2 Å². The zero-order chi connectivity index (χ0) is 14.4. The van der Waals surface area contributed by atoms with E-state index in [-0.39, 0.29) is 11.9 Å². The molecule has 0 unspecified atom stereocenters. The van der Waals surface area contributed by atoms with Gasteiger partial charge in [-0.15, -0.1) is 0 Å². The van der Waals surface area contributed by atoms with Gasteiger partial charge in [0.25, 0.3) is 0 Å². The number of halogens is 1. The third kappa shape index (κ3) is 3.96. The summed E-state index contributed by atoms with van der Waals surface area (Å²) in [6, 6.07) is 13.6. The van der Waals surface area contributed by atoms with Crippen LogP contribution in [0.2, 0.25) is 0 Å². The summed E-state index contributed by atoms with van der Waals surface area (Å²) in [5, 5.41) is 0. The number of para-hydroxylation sites is 1. The van der Waals surface area contributed by atoms with Gasteiger partial charge < -0.3 is 15.2 Å². The van der Waals surface area contributed by atoms with E-state index in [0.29, 0.717) is 19.0 Å². The van der Waals surface area contributed by atoms with Crippen molar-refractivity contribution in [2.45, 2.75) is 13.0 Å². The van der Waals surface area contributed by atoms with Crippen LogP contribution >= 0.6 is 0 Å². The molecule has 0 aliphatic rings. The van der Waals surface area contributed by atoms with Gasteiger partial charge in [-0.3, -0.25) is 0 Å². The molecule has 0 bridgehead atoms. The Balaban J connectivity index is 1.89. The topological polar surface area (TPSA) is 44.5 Å². The minimum absolute atomic E-state index is 0.208. The first-order valence-corrected chi connectivity index (χ1v) is 6.52. The van der Waals surface area contributed by atoms with E-state index < -0.39 is 0 Å². The zero-order valence-electron chi connectivity index (χ0n) is 11.4. The van der Waals surface area contributed by atoms with Crippen molar-refractivity contribution in [1.29, 1.82) is 0 Å². The van der Waals surface area contributed by atoms with Gasteiger partial charge >= 0.3 is 0 Å². The normalized spacial score (nSPS) is 11.9. The molecular weight excluding hydrogens is 257 g/mol. The van der Waals surface area contributed by atoms with Gasteiger partial charge in [-0.1, -0.05) is 24.3 Å². The predicted molar refractivity (Wildman–Crippen MR) is 76.4 cm³/mol. The molecule has 20 heavy (non-hydrogen) atoms. The summed E-state index contributed by atoms with van der Waals surface area (Å²) in [5.74, 6) is 0.910. The molecule has 0 spiro atoms. The summed E-state index contributed by atoms with van der Waals surface area (Å²) in [4.78, 5) is 0. The second-order valence-corrected chi connectivity index (χ2v) is 4.48. The highest BCUT2D eigenvalue weighted by Gasteiger charge is 2.09. The molecule has 0 amide bonds. The molecule has 0 radical (unpaired) electrons. The fourth-order valence-corrected chi connectivity index (χ4v) is 1.84. The van der Waals surface area contributed by atoms with E-state index in [2.05, 4.69) is 0 Å². The third-order valence-corrected chi connectivity index (χ3v) is 2.82. The SMILES string of the molecule is C[C@@H](N)c1ccc(F)cc1OCCOc1ccccc1. The average molecular weight is 275 g/mol. The van der Waals surface area contributed by atoms with Crippen LogP contribution in [0.5, 0.6) is 11.5 Å². The molecule has 0 heterocycles.